The quantitative estimate of drug-likeness (QED) is 0.504. The minimum atomic E-state index is -0.232. The first-order chi connectivity index (χ1) is 18.0. The highest BCUT2D eigenvalue weighted by Gasteiger charge is 2.41. The van der Waals surface area contributed by atoms with E-state index in [1.54, 1.807) is 24.3 Å². The van der Waals surface area contributed by atoms with Crippen LogP contribution in [0.3, 0.4) is 0 Å². The molecule has 1 aliphatic carbocycles. The Kier molecular flexibility index (Phi) is 6.14. The van der Waals surface area contributed by atoms with Crippen LogP contribution in [0.1, 0.15) is 52.0 Å². The topological polar surface area (TPSA) is 73.8 Å². The Labute approximate surface area is 217 Å². The summed E-state index contributed by atoms with van der Waals surface area (Å²) in [6, 6.07) is 17.3. The van der Waals surface area contributed by atoms with Crippen LogP contribution in [0.2, 0.25) is 0 Å². The number of carbonyl (C=O) groups excluding carboxylic acids is 3. The monoisotopic (exact) mass is 496 g/mol. The standard InChI is InChI=1S/C30H32N4O3/c1-20-18-27(31-26-13-7-6-9-22(20)26)32-14-16-33(17-15-32)28(35)23-10-3-2-8-21(23)19-34-29(36)24-11-4-5-12-25(24)30(34)37/h4-7,9,11-13,18,21,23H,2-3,8,10,14-17,19H2,1H3. The van der Waals surface area contributed by atoms with Crippen LogP contribution in [0, 0.1) is 18.8 Å². The molecule has 1 aromatic heterocycles. The normalized spacial score (nSPS) is 22.0. The number of amides is 3. The SMILES string of the molecule is Cc1cc(N2CCN(C(=O)C3CCCCC3CN3C(=O)c4ccccc4C3=O)CC2)nc2ccccc12. The maximum atomic E-state index is 13.7. The molecule has 3 amide bonds. The molecule has 3 heterocycles. The van der Waals surface area contributed by atoms with Crippen molar-refractivity contribution in [1.29, 1.82) is 0 Å². The van der Waals surface area contributed by atoms with Crippen molar-refractivity contribution in [3.05, 3.63) is 71.3 Å². The number of hydrogen-bond donors (Lipinski definition) is 0. The molecule has 7 nitrogen and oxygen atoms in total. The van der Waals surface area contributed by atoms with E-state index in [4.69, 9.17) is 4.98 Å². The van der Waals surface area contributed by atoms with Crippen molar-refractivity contribution in [1.82, 2.24) is 14.8 Å². The van der Waals surface area contributed by atoms with Crippen LogP contribution in [-0.2, 0) is 4.79 Å². The zero-order valence-corrected chi connectivity index (χ0v) is 21.2. The Morgan fingerprint density at radius 2 is 1.54 bits per heavy atom. The maximum absolute atomic E-state index is 13.7. The fourth-order valence-corrected chi connectivity index (χ4v) is 6.27. The van der Waals surface area contributed by atoms with E-state index in [0.29, 0.717) is 30.8 Å². The van der Waals surface area contributed by atoms with Gasteiger partial charge in [-0.2, -0.15) is 0 Å². The summed E-state index contributed by atoms with van der Waals surface area (Å²) in [7, 11) is 0. The van der Waals surface area contributed by atoms with E-state index in [1.807, 2.05) is 23.1 Å². The predicted octanol–water partition coefficient (Wildman–Crippen LogP) is 4.29. The number of nitrogens with zero attached hydrogens (tertiary/aromatic N) is 4. The molecule has 2 aliphatic heterocycles. The van der Waals surface area contributed by atoms with Crippen molar-refractivity contribution < 1.29 is 14.4 Å². The lowest BCUT2D eigenvalue weighted by Gasteiger charge is -2.40. The number of para-hydroxylation sites is 1. The third-order valence-corrected chi connectivity index (χ3v) is 8.35. The molecule has 3 aromatic rings. The summed E-state index contributed by atoms with van der Waals surface area (Å²) >= 11 is 0. The number of carbonyl (C=O) groups is 3. The number of benzene rings is 2. The van der Waals surface area contributed by atoms with E-state index in [-0.39, 0.29) is 29.6 Å². The van der Waals surface area contributed by atoms with Crippen molar-refractivity contribution >= 4 is 34.4 Å². The van der Waals surface area contributed by atoms with Crippen molar-refractivity contribution in [3.63, 3.8) is 0 Å². The van der Waals surface area contributed by atoms with Gasteiger partial charge in [0.1, 0.15) is 5.82 Å². The summed E-state index contributed by atoms with van der Waals surface area (Å²) in [4.78, 5) is 50.0. The van der Waals surface area contributed by atoms with E-state index in [2.05, 4.69) is 24.0 Å². The van der Waals surface area contributed by atoms with Crippen LogP contribution in [0.15, 0.2) is 54.6 Å². The van der Waals surface area contributed by atoms with Gasteiger partial charge in [0.05, 0.1) is 16.6 Å². The summed E-state index contributed by atoms with van der Waals surface area (Å²) in [5.74, 6) is 0.526. The Balaban J connectivity index is 1.13. The predicted molar refractivity (Wildman–Crippen MR) is 143 cm³/mol. The highest BCUT2D eigenvalue weighted by Crippen LogP contribution is 2.35. The molecule has 2 unspecified atom stereocenters. The molecular formula is C30H32N4O3. The van der Waals surface area contributed by atoms with Crippen LogP contribution in [-0.4, -0.2) is 65.2 Å². The third kappa shape index (κ3) is 4.26. The average molecular weight is 497 g/mol. The molecule has 2 atom stereocenters. The van der Waals surface area contributed by atoms with Crippen LogP contribution in [0.25, 0.3) is 10.9 Å². The molecule has 2 fully saturated rings. The lowest BCUT2D eigenvalue weighted by atomic mass is 9.78. The Bertz CT molecular complexity index is 1340. The van der Waals surface area contributed by atoms with Crippen molar-refractivity contribution in [2.75, 3.05) is 37.6 Å². The van der Waals surface area contributed by atoms with E-state index < -0.39 is 0 Å². The molecule has 0 spiro atoms. The first-order valence-electron chi connectivity index (χ1n) is 13.4. The lowest BCUT2D eigenvalue weighted by Crippen LogP contribution is -2.52. The molecular weight excluding hydrogens is 464 g/mol. The molecule has 0 N–H and O–H groups in total. The number of pyridine rings is 1. The molecule has 2 aromatic carbocycles. The minimum absolute atomic E-state index is 0.00583. The number of rotatable bonds is 4. The Morgan fingerprint density at radius 3 is 2.27 bits per heavy atom. The molecule has 37 heavy (non-hydrogen) atoms. The van der Waals surface area contributed by atoms with E-state index in [9.17, 15) is 14.4 Å². The van der Waals surface area contributed by atoms with E-state index in [1.165, 1.54) is 15.8 Å². The molecule has 0 bridgehead atoms. The molecule has 1 saturated carbocycles. The third-order valence-electron chi connectivity index (χ3n) is 8.35. The van der Waals surface area contributed by atoms with Crippen LogP contribution < -0.4 is 4.90 Å². The second-order valence-electron chi connectivity index (χ2n) is 10.5. The van der Waals surface area contributed by atoms with Gasteiger partial charge in [0.2, 0.25) is 5.91 Å². The molecule has 190 valence electrons. The van der Waals surface area contributed by atoms with Crippen LogP contribution in [0.5, 0.6) is 0 Å². The number of aromatic nitrogens is 1. The number of hydrogen-bond acceptors (Lipinski definition) is 5. The largest absolute Gasteiger partial charge is 0.353 e. The van der Waals surface area contributed by atoms with Crippen LogP contribution >= 0.6 is 0 Å². The van der Waals surface area contributed by atoms with Gasteiger partial charge in [-0.05, 0) is 55.5 Å². The van der Waals surface area contributed by atoms with Gasteiger partial charge in [-0.25, -0.2) is 4.98 Å². The molecule has 6 rings (SSSR count). The fraction of sp³-hybridized carbons (Fsp3) is 0.400. The first kappa shape index (κ1) is 23.6. The smallest absolute Gasteiger partial charge is 0.261 e. The molecule has 1 saturated heterocycles. The number of aryl methyl sites for hydroxylation is 1. The Hall–Kier alpha value is -3.74. The summed E-state index contributed by atoms with van der Waals surface area (Å²) < 4.78 is 0. The van der Waals surface area contributed by atoms with Gasteiger partial charge in [0, 0.05) is 44.0 Å². The van der Waals surface area contributed by atoms with Gasteiger partial charge < -0.3 is 9.80 Å². The van der Waals surface area contributed by atoms with Gasteiger partial charge in [-0.15, -0.1) is 0 Å². The Morgan fingerprint density at radius 1 is 0.892 bits per heavy atom. The second kappa shape index (κ2) is 9.61. The highest BCUT2D eigenvalue weighted by atomic mass is 16.2. The van der Waals surface area contributed by atoms with E-state index in [0.717, 1.165) is 50.1 Å². The van der Waals surface area contributed by atoms with Gasteiger partial charge in [0.25, 0.3) is 11.8 Å². The molecule has 3 aliphatic rings. The lowest BCUT2D eigenvalue weighted by molar-refractivity contribution is -0.139. The highest BCUT2D eigenvalue weighted by molar-refractivity contribution is 6.21. The van der Waals surface area contributed by atoms with Crippen molar-refractivity contribution in [2.45, 2.75) is 32.6 Å². The summed E-state index contributed by atoms with van der Waals surface area (Å²) in [6.45, 7) is 5.23. The van der Waals surface area contributed by atoms with Crippen molar-refractivity contribution in [2.24, 2.45) is 11.8 Å². The zero-order chi connectivity index (χ0) is 25.5. The van der Waals surface area contributed by atoms with Gasteiger partial charge in [-0.3, -0.25) is 19.3 Å². The van der Waals surface area contributed by atoms with E-state index >= 15 is 0 Å². The minimum Gasteiger partial charge on any atom is -0.353 e. The number of piperazine rings is 1. The molecule has 0 radical (unpaired) electrons. The number of anilines is 1. The first-order valence-corrected chi connectivity index (χ1v) is 13.4. The summed E-state index contributed by atoms with van der Waals surface area (Å²) in [5, 5.41) is 1.17. The maximum Gasteiger partial charge on any atom is 0.261 e. The number of imide groups is 1. The number of fused-ring (bicyclic) bond motifs is 2. The zero-order valence-electron chi connectivity index (χ0n) is 21.2. The average Bonchev–Trinajstić information content (AvgIpc) is 3.18. The van der Waals surface area contributed by atoms with Crippen molar-refractivity contribution in [3.8, 4) is 0 Å². The van der Waals surface area contributed by atoms with Gasteiger partial charge in [0.15, 0.2) is 0 Å². The molecule has 7 heteroatoms. The van der Waals surface area contributed by atoms with Gasteiger partial charge in [-0.1, -0.05) is 43.2 Å². The summed E-state index contributed by atoms with van der Waals surface area (Å²) in [6.07, 6.45) is 3.72. The summed E-state index contributed by atoms with van der Waals surface area (Å²) in [5.41, 5.74) is 3.14. The van der Waals surface area contributed by atoms with Gasteiger partial charge >= 0.3 is 0 Å². The van der Waals surface area contributed by atoms with Crippen LogP contribution in [0.4, 0.5) is 5.82 Å². The fourth-order valence-electron chi connectivity index (χ4n) is 6.27. The second-order valence-corrected chi connectivity index (χ2v) is 10.5.